The fraction of sp³-hybridized carbons (Fsp3) is 0.267. The maximum Gasteiger partial charge on any atom is 0.336 e. The summed E-state index contributed by atoms with van der Waals surface area (Å²) in [7, 11) is 1.85. The number of furan rings is 1. The van der Waals surface area contributed by atoms with Crippen molar-refractivity contribution in [2.75, 3.05) is 7.05 Å². The van der Waals surface area contributed by atoms with E-state index in [1.54, 1.807) is 6.26 Å². The molecule has 5 heteroatoms. The van der Waals surface area contributed by atoms with Gasteiger partial charge in [-0.15, -0.1) is 0 Å². The maximum absolute atomic E-state index is 13.3. The molecule has 1 heterocycles. The molecule has 106 valence electrons. The third-order valence-electron chi connectivity index (χ3n) is 3.14. The zero-order chi connectivity index (χ0) is 14.7. The summed E-state index contributed by atoms with van der Waals surface area (Å²) in [6, 6.07) is 5.59. The molecule has 0 atom stereocenters. The van der Waals surface area contributed by atoms with E-state index in [9.17, 15) is 9.18 Å². The molecule has 1 aromatic heterocycles. The van der Waals surface area contributed by atoms with Crippen molar-refractivity contribution in [1.29, 1.82) is 0 Å². The quantitative estimate of drug-likeness (QED) is 0.912. The van der Waals surface area contributed by atoms with Gasteiger partial charge in [-0.2, -0.15) is 0 Å². The second kappa shape index (κ2) is 5.88. The van der Waals surface area contributed by atoms with Crippen molar-refractivity contribution in [3.8, 4) is 0 Å². The Labute approximate surface area is 116 Å². The van der Waals surface area contributed by atoms with Gasteiger partial charge >= 0.3 is 5.97 Å². The fourth-order valence-corrected chi connectivity index (χ4v) is 2.11. The van der Waals surface area contributed by atoms with Crippen molar-refractivity contribution >= 4 is 5.97 Å². The summed E-state index contributed by atoms with van der Waals surface area (Å²) in [5.74, 6) is -0.652. The van der Waals surface area contributed by atoms with Gasteiger partial charge in [-0.25, -0.2) is 9.18 Å². The number of aromatic carboxylic acids is 1. The third kappa shape index (κ3) is 3.24. The minimum absolute atomic E-state index is 0.127. The highest BCUT2D eigenvalue weighted by Gasteiger charge is 2.13. The molecule has 0 spiro atoms. The average Bonchev–Trinajstić information content (AvgIpc) is 2.74. The lowest BCUT2D eigenvalue weighted by Crippen LogP contribution is -2.19. The molecule has 1 N–H and O–H groups in total. The highest BCUT2D eigenvalue weighted by atomic mass is 19.1. The molecule has 1 aromatic carbocycles. The Kier molecular flexibility index (Phi) is 4.20. The molecule has 2 rings (SSSR count). The fourth-order valence-electron chi connectivity index (χ4n) is 2.11. The lowest BCUT2D eigenvalue weighted by molar-refractivity contribution is 0.0694. The zero-order valence-electron chi connectivity index (χ0n) is 11.4. The van der Waals surface area contributed by atoms with E-state index >= 15 is 0 Å². The minimum Gasteiger partial charge on any atom is -0.478 e. The molecule has 2 aromatic rings. The van der Waals surface area contributed by atoms with Crippen molar-refractivity contribution in [2.24, 2.45) is 0 Å². The average molecular weight is 277 g/mol. The van der Waals surface area contributed by atoms with Gasteiger partial charge in [-0.1, -0.05) is 0 Å². The van der Waals surface area contributed by atoms with Crippen LogP contribution in [0.1, 0.15) is 27.2 Å². The van der Waals surface area contributed by atoms with Gasteiger partial charge in [0, 0.05) is 18.7 Å². The molecule has 0 aliphatic rings. The van der Waals surface area contributed by atoms with Crippen LogP contribution >= 0.6 is 0 Å². The van der Waals surface area contributed by atoms with Gasteiger partial charge in [0.15, 0.2) is 0 Å². The number of hydrogen-bond donors (Lipinski definition) is 1. The first-order valence-electron chi connectivity index (χ1n) is 6.20. The standard InChI is InChI=1S/C15H16FNO3/c1-10-11(5-6-20-10)8-17(2)9-12-7-13(16)3-4-14(12)15(18)19/h3-7H,8-9H2,1-2H3,(H,18,19). The van der Waals surface area contributed by atoms with Crippen LogP contribution in [0.5, 0.6) is 0 Å². The van der Waals surface area contributed by atoms with Crippen LogP contribution in [-0.4, -0.2) is 23.0 Å². The zero-order valence-corrected chi connectivity index (χ0v) is 11.4. The van der Waals surface area contributed by atoms with Gasteiger partial charge in [0.25, 0.3) is 0 Å². The Morgan fingerprint density at radius 1 is 1.30 bits per heavy atom. The topological polar surface area (TPSA) is 53.7 Å². The molecule has 0 radical (unpaired) electrons. The largest absolute Gasteiger partial charge is 0.478 e. The predicted molar refractivity (Wildman–Crippen MR) is 72.0 cm³/mol. The van der Waals surface area contributed by atoms with E-state index in [2.05, 4.69) is 0 Å². The van der Waals surface area contributed by atoms with Crippen molar-refractivity contribution in [3.63, 3.8) is 0 Å². The van der Waals surface area contributed by atoms with E-state index in [-0.39, 0.29) is 5.56 Å². The highest BCUT2D eigenvalue weighted by Crippen LogP contribution is 2.16. The second-order valence-corrected chi connectivity index (χ2v) is 4.78. The van der Waals surface area contributed by atoms with Crippen LogP contribution in [0.4, 0.5) is 4.39 Å². The molecular formula is C15H16FNO3. The first kappa shape index (κ1) is 14.3. The van der Waals surface area contributed by atoms with Crippen molar-refractivity contribution in [3.05, 3.63) is 58.8 Å². The molecule has 0 aliphatic heterocycles. The van der Waals surface area contributed by atoms with Crippen LogP contribution in [0.2, 0.25) is 0 Å². The van der Waals surface area contributed by atoms with E-state index in [1.807, 2.05) is 24.9 Å². The summed E-state index contributed by atoms with van der Waals surface area (Å²) in [4.78, 5) is 13.0. The Morgan fingerprint density at radius 2 is 2.00 bits per heavy atom. The van der Waals surface area contributed by atoms with Crippen LogP contribution in [-0.2, 0) is 13.1 Å². The number of aryl methyl sites for hydroxylation is 1. The normalized spacial score (nSPS) is 11.0. The predicted octanol–water partition coefficient (Wildman–Crippen LogP) is 3.06. The molecule has 0 bridgehead atoms. The lowest BCUT2D eigenvalue weighted by Gasteiger charge is -2.17. The number of hydrogen-bond acceptors (Lipinski definition) is 3. The molecule has 0 saturated heterocycles. The Morgan fingerprint density at radius 3 is 2.60 bits per heavy atom. The third-order valence-corrected chi connectivity index (χ3v) is 3.14. The summed E-state index contributed by atoms with van der Waals surface area (Å²) in [5.41, 5.74) is 1.61. The van der Waals surface area contributed by atoms with Gasteiger partial charge in [0.05, 0.1) is 11.8 Å². The summed E-state index contributed by atoms with van der Waals surface area (Å²) in [6.07, 6.45) is 1.61. The van der Waals surface area contributed by atoms with E-state index in [0.29, 0.717) is 18.7 Å². The molecule has 0 aliphatic carbocycles. The number of nitrogens with zero attached hydrogens (tertiary/aromatic N) is 1. The smallest absolute Gasteiger partial charge is 0.336 e. The first-order chi connectivity index (χ1) is 9.47. The Hall–Kier alpha value is -2.14. The summed E-state index contributed by atoms with van der Waals surface area (Å²) in [5, 5.41) is 9.11. The summed E-state index contributed by atoms with van der Waals surface area (Å²) in [6.45, 7) is 2.83. The van der Waals surface area contributed by atoms with Gasteiger partial charge < -0.3 is 9.52 Å². The van der Waals surface area contributed by atoms with Crippen LogP contribution < -0.4 is 0 Å². The highest BCUT2D eigenvalue weighted by molar-refractivity contribution is 5.89. The summed E-state index contributed by atoms with van der Waals surface area (Å²) < 4.78 is 18.5. The van der Waals surface area contributed by atoms with Gasteiger partial charge in [0.1, 0.15) is 11.6 Å². The molecule has 4 nitrogen and oxygen atoms in total. The van der Waals surface area contributed by atoms with Crippen molar-refractivity contribution < 1.29 is 18.7 Å². The van der Waals surface area contributed by atoms with Crippen LogP contribution in [0, 0.1) is 12.7 Å². The Bertz CT molecular complexity index is 621. The Balaban J connectivity index is 2.15. The number of carboxylic acids is 1. The molecule has 0 unspecified atom stereocenters. The number of rotatable bonds is 5. The van der Waals surface area contributed by atoms with Crippen LogP contribution in [0.25, 0.3) is 0 Å². The maximum atomic E-state index is 13.3. The molecular weight excluding hydrogens is 261 g/mol. The van der Waals surface area contributed by atoms with E-state index in [0.717, 1.165) is 17.4 Å². The van der Waals surface area contributed by atoms with Crippen molar-refractivity contribution in [1.82, 2.24) is 4.90 Å². The lowest BCUT2D eigenvalue weighted by atomic mass is 10.1. The van der Waals surface area contributed by atoms with Crippen LogP contribution in [0.15, 0.2) is 34.9 Å². The first-order valence-corrected chi connectivity index (χ1v) is 6.20. The van der Waals surface area contributed by atoms with Gasteiger partial charge in [0.2, 0.25) is 0 Å². The van der Waals surface area contributed by atoms with Gasteiger partial charge in [-0.3, -0.25) is 4.90 Å². The molecule has 0 fully saturated rings. The SMILES string of the molecule is Cc1occc1CN(C)Cc1cc(F)ccc1C(=O)O. The van der Waals surface area contributed by atoms with E-state index < -0.39 is 11.8 Å². The molecule has 0 amide bonds. The van der Waals surface area contributed by atoms with E-state index in [4.69, 9.17) is 9.52 Å². The molecule has 20 heavy (non-hydrogen) atoms. The van der Waals surface area contributed by atoms with Crippen molar-refractivity contribution in [2.45, 2.75) is 20.0 Å². The number of carboxylic acid groups (broad SMARTS) is 1. The number of carbonyl (C=O) groups is 1. The van der Waals surface area contributed by atoms with Crippen LogP contribution in [0.3, 0.4) is 0 Å². The monoisotopic (exact) mass is 277 g/mol. The second-order valence-electron chi connectivity index (χ2n) is 4.78. The number of halogens is 1. The van der Waals surface area contributed by atoms with Gasteiger partial charge in [-0.05, 0) is 43.8 Å². The number of benzene rings is 1. The summed E-state index contributed by atoms with van der Waals surface area (Å²) >= 11 is 0. The van der Waals surface area contributed by atoms with E-state index in [1.165, 1.54) is 12.1 Å². The minimum atomic E-state index is -1.05. The molecule has 0 saturated carbocycles.